The van der Waals surface area contributed by atoms with Crippen molar-refractivity contribution in [1.29, 1.82) is 0 Å². The average molecular weight is 324 g/mol. The summed E-state index contributed by atoms with van der Waals surface area (Å²) in [5.41, 5.74) is 8.26. The molecule has 2 N–H and O–H groups in total. The molecule has 0 aliphatic carbocycles. The normalized spacial score (nSPS) is 13.8. The van der Waals surface area contributed by atoms with Crippen LogP contribution in [-0.2, 0) is 0 Å². The minimum atomic E-state index is -0.284. The SMILES string of the molecule is CCC(N)C(Oc1cc(C)ccc1Cl)c1cccc(Cl)c1. The van der Waals surface area contributed by atoms with Gasteiger partial charge in [-0.05, 0) is 48.7 Å². The lowest BCUT2D eigenvalue weighted by molar-refractivity contribution is 0.171. The van der Waals surface area contributed by atoms with Crippen LogP contribution in [-0.4, -0.2) is 6.04 Å². The predicted octanol–water partition coefficient (Wildman–Crippen LogP) is 5.16. The van der Waals surface area contributed by atoms with Crippen molar-refractivity contribution in [3.05, 3.63) is 63.6 Å². The fourth-order valence-corrected chi connectivity index (χ4v) is 2.50. The minimum Gasteiger partial charge on any atom is -0.483 e. The van der Waals surface area contributed by atoms with Gasteiger partial charge in [0.1, 0.15) is 11.9 Å². The third-order valence-electron chi connectivity index (χ3n) is 3.38. The van der Waals surface area contributed by atoms with Gasteiger partial charge in [0.2, 0.25) is 0 Å². The molecule has 2 aromatic rings. The fourth-order valence-electron chi connectivity index (χ4n) is 2.14. The lowest BCUT2D eigenvalue weighted by Gasteiger charge is -2.25. The molecule has 0 heterocycles. The second-order valence-electron chi connectivity index (χ2n) is 5.10. The van der Waals surface area contributed by atoms with Gasteiger partial charge in [0.15, 0.2) is 0 Å². The Balaban J connectivity index is 2.35. The van der Waals surface area contributed by atoms with Gasteiger partial charge in [-0.2, -0.15) is 0 Å². The molecule has 2 atom stereocenters. The van der Waals surface area contributed by atoms with E-state index in [1.165, 1.54) is 0 Å². The van der Waals surface area contributed by atoms with Crippen LogP contribution in [0, 0.1) is 6.92 Å². The molecule has 0 radical (unpaired) electrons. The summed E-state index contributed by atoms with van der Waals surface area (Å²) >= 11 is 12.3. The molecule has 2 nitrogen and oxygen atoms in total. The summed E-state index contributed by atoms with van der Waals surface area (Å²) in [4.78, 5) is 0. The minimum absolute atomic E-state index is 0.139. The van der Waals surface area contributed by atoms with Crippen LogP contribution in [0.25, 0.3) is 0 Å². The number of hydrogen-bond acceptors (Lipinski definition) is 2. The maximum Gasteiger partial charge on any atom is 0.139 e. The van der Waals surface area contributed by atoms with Crippen molar-refractivity contribution in [2.24, 2.45) is 5.73 Å². The Morgan fingerprint density at radius 2 is 1.90 bits per heavy atom. The van der Waals surface area contributed by atoms with Crippen LogP contribution in [0.15, 0.2) is 42.5 Å². The van der Waals surface area contributed by atoms with Crippen molar-refractivity contribution < 1.29 is 4.74 Å². The van der Waals surface area contributed by atoms with Gasteiger partial charge in [0, 0.05) is 11.1 Å². The lowest BCUT2D eigenvalue weighted by atomic mass is 10.0. The van der Waals surface area contributed by atoms with Gasteiger partial charge >= 0.3 is 0 Å². The van der Waals surface area contributed by atoms with Gasteiger partial charge < -0.3 is 10.5 Å². The van der Waals surface area contributed by atoms with Crippen LogP contribution in [0.1, 0.15) is 30.6 Å². The Hall–Kier alpha value is -1.22. The summed E-state index contributed by atoms with van der Waals surface area (Å²) in [5, 5.41) is 1.25. The fraction of sp³-hybridized carbons (Fsp3) is 0.294. The molecule has 0 aromatic heterocycles. The quantitative estimate of drug-likeness (QED) is 0.824. The van der Waals surface area contributed by atoms with E-state index in [4.69, 9.17) is 33.7 Å². The number of ether oxygens (including phenoxy) is 1. The molecule has 0 amide bonds. The van der Waals surface area contributed by atoms with Crippen molar-refractivity contribution in [3.63, 3.8) is 0 Å². The number of hydrogen-bond donors (Lipinski definition) is 1. The Labute approximate surface area is 135 Å². The Kier molecular flexibility index (Phi) is 5.51. The smallest absolute Gasteiger partial charge is 0.139 e. The van der Waals surface area contributed by atoms with Gasteiger partial charge in [-0.1, -0.05) is 48.3 Å². The molecule has 112 valence electrons. The zero-order valence-electron chi connectivity index (χ0n) is 12.1. The summed E-state index contributed by atoms with van der Waals surface area (Å²) in [6.45, 7) is 4.03. The summed E-state index contributed by atoms with van der Waals surface area (Å²) in [6, 6.07) is 13.1. The highest BCUT2D eigenvalue weighted by atomic mass is 35.5. The molecule has 0 fully saturated rings. The van der Waals surface area contributed by atoms with E-state index in [9.17, 15) is 0 Å². The number of nitrogens with two attached hydrogens (primary N) is 1. The predicted molar refractivity (Wildman–Crippen MR) is 89.3 cm³/mol. The lowest BCUT2D eigenvalue weighted by Crippen LogP contribution is -2.31. The standard InChI is InChI=1S/C17H19Cl2NO/c1-3-15(20)17(12-5-4-6-13(18)10-12)21-16-9-11(2)7-8-14(16)19/h4-10,15,17H,3,20H2,1-2H3. The summed E-state index contributed by atoms with van der Waals surface area (Å²) in [6.07, 6.45) is 0.508. The Morgan fingerprint density at radius 1 is 1.14 bits per heavy atom. The van der Waals surface area contributed by atoms with E-state index in [2.05, 4.69) is 0 Å². The van der Waals surface area contributed by atoms with Gasteiger partial charge in [-0.3, -0.25) is 0 Å². The van der Waals surface area contributed by atoms with Crippen molar-refractivity contribution >= 4 is 23.2 Å². The molecule has 4 heteroatoms. The summed E-state index contributed by atoms with van der Waals surface area (Å²) < 4.78 is 6.10. The van der Waals surface area contributed by atoms with E-state index in [-0.39, 0.29) is 12.1 Å². The third kappa shape index (κ3) is 4.13. The van der Waals surface area contributed by atoms with Gasteiger partial charge in [0.05, 0.1) is 5.02 Å². The average Bonchev–Trinajstić information content (AvgIpc) is 2.47. The van der Waals surface area contributed by atoms with Crippen molar-refractivity contribution in [2.75, 3.05) is 0 Å². The summed E-state index contributed by atoms with van der Waals surface area (Å²) in [7, 11) is 0. The number of halogens is 2. The van der Waals surface area contributed by atoms with Gasteiger partial charge in [0.25, 0.3) is 0 Å². The van der Waals surface area contributed by atoms with Crippen LogP contribution in [0.2, 0.25) is 10.0 Å². The van der Waals surface area contributed by atoms with Crippen molar-refractivity contribution in [1.82, 2.24) is 0 Å². The van der Waals surface area contributed by atoms with Crippen LogP contribution in [0.5, 0.6) is 5.75 Å². The highest BCUT2D eigenvalue weighted by Gasteiger charge is 2.22. The highest BCUT2D eigenvalue weighted by molar-refractivity contribution is 6.32. The van der Waals surface area contributed by atoms with Crippen LogP contribution >= 0.6 is 23.2 Å². The summed E-state index contributed by atoms with van der Waals surface area (Å²) in [5.74, 6) is 0.644. The molecule has 2 unspecified atom stereocenters. The molecule has 2 rings (SSSR count). The van der Waals surface area contributed by atoms with E-state index >= 15 is 0 Å². The number of aryl methyl sites for hydroxylation is 1. The van der Waals surface area contributed by atoms with Crippen LogP contribution < -0.4 is 10.5 Å². The topological polar surface area (TPSA) is 35.2 Å². The van der Waals surface area contributed by atoms with Crippen molar-refractivity contribution in [2.45, 2.75) is 32.4 Å². The number of benzene rings is 2. The molecule has 2 aromatic carbocycles. The Morgan fingerprint density at radius 3 is 2.57 bits per heavy atom. The first-order valence-electron chi connectivity index (χ1n) is 6.95. The van der Waals surface area contributed by atoms with Gasteiger partial charge in [-0.15, -0.1) is 0 Å². The monoisotopic (exact) mass is 323 g/mol. The van der Waals surface area contributed by atoms with E-state index in [1.54, 1.807) is 0 Å². The second kappa shape index (κ2) is 7.17. The molecule has 0 spiro atoms. The zero-order chi connectivity index (χ0) is 15.4. The molecule has 0 saturated heterocycles. The maximum absolute atomic E-state index is 6.22. The molecule has 0 aliphatic rings. The first-order valence-corrected chi connectivity index (χ1v) is 7.70. The molecule has 0 saturated carbocycles. The van der Waals surface area contributed by atoms with E-state index < -0.39 is 0 Å². The van der Waals surface area contributed by atoms with E-state index in [0.717, 1.165) is 17.5 Å². The first kappa shape index (κ1) is 16.2. The maximum atomic E-state index is 6.22. The van der Waals surface area contributed by atoms with E-state index in [0.29, 0.717) is 15.8 Å². The highest BCUT2D eigenvalue weighted by Crippen LogP contribution is 2.32. The van der Waals surface area contributed by atoms with Crippen molar-refractivity contribution in [3.8, 4) is 5.75 Å². The molecule has 0 aliphatic heterocycles. The largest absolute Gasteiger partial charge is 0.483 e. The van der Waals surface area contributed by atoms with E-state index in [1.807, 2.05) is 56.3 Å². The first-order chi connectivity index (χ1) is 10.0. The molecule has 21 heavy (non-hydrogen) atoms. The molecular weight excluding hydrogens is 305 g/mol. The van der Waals surface area contributed by atoms with Crippen LogP contribution in [0.3, 0.4) is 0 Å². The van der Waals surface area contributed by atoms with Gasteiger partial charge in [-0.25, -0.2) is 0 Å². The Bertz CT molecular complexity index is 615. The van der Waals surface area contributed by atoms with Crippen LogP contribution in [0.4, 0.5) is 0 Å². The zero-order valence-corrected chi connectivity index (χ0v) is 13.7. The molecule has 0 bridgehead atoms. The second-order valence-corrected chi connectivity index (χ2v) is 5.94. The number of rotatable bonds is 5. The third-order valence-corrected chi connectivity index (χ3v) is 3.93. The molecular formula is C17H19Cl2NO.